The normalized spacial score (nSPS) is 12.2. The van der Waals surface area contributed by atoms with Crippen LogP contribution in [0.3, 0.4) is 0 Å². The first-order valence-corrected chi connectivity index (χ1v) is 8.72. The van der Waals surface area contributed by atoms with Crippen LogP contribution in [0.1, 0.15) is 34.3 Å². The van der Waals surface area contributed by atoms with E-state index in [1.54, 1.807) is 38.1 Å². The van der Waals surface area contributed by atoms with Crippen molar-refractivity contribution in [3.63, 3.8) is 0 Å². The average molecular weight is 467 g/mol. The van der Waals surface area contributed by atoms with E-state index in [4.69, 9.17) is 0 Å². The molecule has 30 heavy (non-hydrogen) atoms. The standard InChI is InChI=1S/C20H24N2O6.Fe.Na/c1-11-3-5-15(23)13(9-11)17(19(25)26)21-7-8-22-18(20(27)28)14-10-12(2)4-6-16(14)24;;/h3-6,9-10,17-18,21-24H,7-8H2,1-2H3,(H,25,26)(H,27,28);;/q;;+1. The summed E-state index contributed by atoms with van der Waals surface area (Å²) in [5.74, 6) is -2.59. The predicted octanol–water partition coefficient (Wildman–Crippen LogP) is -1.15. The molecule has 8 nitrogen and oxygen atoms in total. The van der Waals surface area contributed by atoms with Gasteiger partial charge in [0.2, 0.25) is 0 Å². The van der Waals surface area contributed by atoms with Gasteiger partial charge in [-0.2, -0.15) is 0 Å². The van der Waals surface area contributed by atoms with Crippen molar-refractivity contribution in [1.29, 1.82) is 0 Å². The fourth-order valence-corrected chi connectivity index (χ4v) is 2.90. The summed E-state index contributed by atoms with van der Waals surface area (Å²) in [5.41, 5.74) is 2.08. The number of aryl methyl sites for hydroxylation is 2. The summed E-state index contributed by atoms with van der Waals surface area (Å²) in [5, 5.41) is 44.4. The topological polar surface area (TPSA) is 139 Å². The summed E-state index contributed by atoms with van der Waals surface area (Å²) in [6.45, 7) is 3.83. The number of nitrogens with one attached hydrogen (secondary N) is 2. The van der Waals surface area contributed by atoms with Gasteiger partial charge in [-0.1, -0.05) is 35.4 Å². The number of hydrogen-bond acceptors (Lipinski definition) is 6. The Bertz CT molecular complexity index is 809. The van der Waals surface area contributed by atoms with Crippen LogP contribution < -0.4 is 40.2 Å². The van der Waals surface area contributed by atoms with Crippen LogP contribution in [0.5, 0.6) is 11.5 Å². The Kier molecular flexibility index (Phi) is 12.3. The van der Waals surface area contributed by atoms with Gasteiger partial charge in [0.25, 0.3) is 0 Å². The number of phenolic OH excluding ortho intramolecular Hbond substituents is 2. The second-order valence-corrected chi connectivity index (χ2v) is 6.58. The number of phenols is 2. The number of carboxylic acids is 2. The van der Waals surface area contributed by atoms with E-state index in [0.717, 1.165) is 11.1 Å². The van der Waals surface area contributed by atoms with Gasteiger partial charge in [-0.3, -0.25) is 20.2 Å². The van der Waals surface area contributed by atoms with Crippen molar-refractivity contribution in [3.05, 3.63) is 58.7 Å². The summed E-state index contributed by atoms with van der Waals surface area (Å²) >= 11 is 0. The Labute approximate surface area is 207 Å². The molecule has 0 fully saturated rings. The van der Waals surface area contributed by atoms with E-state index in [1.807, 2.05) is 0 Å². The van der Waals surface area contributed by atoms with E-state index in [-0.39, 0.29) is 82.3 Å². The van der Waals surface area contributed by atoms with Crippen LogP contribution in [0.25, 0.3) is 0 Å². The Morgan fingerprint density at radius 1 is 0.800 bits per heavy atom. The summed E-state index contributed by atoms with van der Waals surface area (Å²) in [6.07, 6.45) is 0. The molecular formula is C20H24FeN2NaO6+. The molecule has 2 atom stereocenters. The number of aromatic hydroxyl groups is 2. The summed E-state index contributed by atoms with van der Waals surface area (Å²) in [4.78, 5) is 23.2. The first-order valence-electron chi connectivity index (χ1n) is 8.72. The van der Waals surface area contributed by atoms with E-state index in [2.05, 4.69) is 10.6 Å². The van der Waals surface area contributed by atoms with Crippen LogP contribution in [0.15, 0.2) is 36.4 Å². The van der Waals surface area contributed by atoms with Crippen molar-refractivity contribution in [3.8, 4) is 11.5 Å². The van der Waals surface area contributed by atoms with Crippen molar-refractivity contribution >= 4 is 11.9 Å². The van der Waals surface area contributed by atoms with Crippen LogP contribution in [0.2, 0.25) is 0 Å². The molecule has 6 N–H and O–H groups in total. The Morgan fingerprint density at radius 3 is 1.43 bits per heavy atom. The molecule has 0 saturated carbocycles. The predicted molar refractivity (Wildman–Crippen MR) is 102 cm³/mol. The molecule has 0 bridgehead atoms. The quantitative estimate of drug-likeness (QED) is 0.201. The van der Waals surface area contributed by atoms with Crippen LogP contribution >= 0.6 is 0 Å². The summed E-state index contributed by atoms with van der Waals surface area (Å²) < 4.78 is 0. The Morgan fingerprint density at radius 2 is 1.13 bits per heavy atom. The number of rotatable bonds is 9. The van der Waals surface area contributed by atoms with E-state index >= 15 is 0 Å². The zero-order valence-electron chi connectivity index (χ0n) is 17.0. The molecule has 2 unspecified atom stereocenters. The molecule has 0 aliphatic heterocycles. The Balaban J connectivity index is 0.00000420. The van der Waals surface area contributed by atoms with Gasteiger partial charge in [0.15, 0.2) is 0 Å². The molecule has 0 amide bonds. The van der Waals surface area contributed by atoms with Crippen molar-refractivity contribution in [2.75, 3.05) is 13.1 Å². The van der Waals surface area contributed by atoms with E-state index < -0.39 is 24.0 Å². The third-order valence-corrected chi connectivity index (χ3v) is 4.30. The van der Waals surface area contributed by atoms with Gasteiger partial charge in [-0.05, 0) is 26.0 Å². The first kappa shape index (κ1) is 28.4. The molecule has 0 aromatic heterocycles. The van der Waals surface area contributed by atoms with Crippen LogP contribution in [-0.2, 0) is 26.7 Å². The van der Waals surface area contributed by atoms with Crippen molar-refractivity contribution in [1.82, 2.24) is 10.6 Å². The molecule has 0 saturated heterocycles. The van der Waals surface area contributed by atoms with Crippen LogP contribution in [0, 0.1) is 13.8 Å². The van der Waals surface area contributed by atoms with Gasteiger partial charge in [0.05, 0.1) is 0 Å². The zero-order valence-corrected chi connectivity index (χ0v) is 20.1. The molecule has 0 aliphatic rings. The molecule has 158 valence electrons. The number of hydrogen-bond donors (Lipinski definition) is 6. The minimum atomic E-state index is -1.16. The molecule has 0 radical (unpaired) electrons. The molecule has 0 spiro atoms. The third kappa shape index (κ3) is 7.59. The smallest absolute Gasteiger partial charge is 0.508 e. The Hall–Kier alpha value is -1.58. The molecular weight excluding hydrogens is 443 g/mol. The number of carbonyl (C=O) groups is 2. The van der Waals surface area contributed by atoms with Crippen molar-refractivity contribution in [2.45, 2.75) is 25.9 Å². The minimum Gasteiger partial charge on any atom is -0.508 e. The van der Waals surface area contributed by atoms with Crippen molar-refractivity contribution < 1.29 is 76.6 Å². The largest absolute Gasteiger partial charge is 1.00 e. The van der Waals surface area contributed by atoms with Gasteiger partial charge >= 0.3 is 41.5 Å². The molecule has 2 aromatic rings. The van der Waals surface area contributed by atoms with Gasteiger partial charge < -0.3 is 20.4 Å². The maximum atomic E-state index is 11.6. The molecule has 10 heteroatoms. The van der Waals surface area contributed by atoms with Gasteiger partial charge in [-0.15, -0.1) is 0 Å². The van der Waals surface area contributed by atoms with Gasteiger partial charge in [-0.25, -0.2) is 0 Å². The number of aliphatic carboxylic acids is 2. The monoisotopic (exact) mass is 467 g/mol. The second kappa shape index (κ2) is 13.0. The SMILES string of the molecule is Cc1ccc(O)c(C(NCCNC(C(=O)O)c2cc(C)ccc2O)C(=O)O)c1.[Fe].[Na+]. The number of benzene rings is 2. The van der Waals surface area contributed by atoms with Crippen molar-refractivity contribution in [2.24, 2.45) is 0 Å². The van der Waals surface area contributed by atoms with E-state index in [9.17, 15) is 30.0 Å². The van der Waals surface area contributed by atoms with Gasteiger partial charge in [0.1, 0.15) is 23.6 Å². The second-order valence-electron chi connectivity index (χ2n) is 6.58. The molecule has 0 aliphatic carbocycles. The first-order chi connectivity index (χ1) is 13.2. The number of carboxylic acid groups (broad SMARTS) is 2. The fourth-order valence-electron chi connectivity index (χ4n) is 2.90. The van der Waals surface area contributed by atoms with E-state index in [1.165, 1.54) is 12.1 Å². The maximum Gasteiger partial charge on any atom is 1.00 e. The third-order valence-electron chi connectivity index (χ3n) is 4.30. The average Bonchev–Trinajstić information content (AvgIpc) is 2.62. The minimum absolute atomic E-state index is 0. The van der Waals surface area contributed by atoms with Gasteiger partial charge in [0, 0.05) is 41.3 Å². The molecule has 2 rings (SSSR count). The summed E-state index contributed by atoms with van der Waals surface area (Å²) in [6, 6.07) is 7.09. The maximum absolute atomic E-state index is 11.6. The molecule has 2 aromatic carbocycles. The molecule has 0 heterocycles. The zero-order chi connectivity index (χ0) is 20.8. The fraction of sp³-hybridized carbons (Fsp3) is 0.300. The van der Waals surface area contributed by atoms with Crippen LogP contribution in [0.4, 0.5) is 0 Å². The van der Waals surface area contributed by atoms with Crippen LogP contribution in [-0.4, -0.2) is 45.5 Å². The summed E-state index contributed by atoms with van der Waals surface area (Å²) in [7, 11) is 0. The van der Waals surface area contributed by atoms with E-state index in [0.29, 0.717) is 0 Å².